The van der Waals surface area contributed by atoms with Gasteiger partial charge in [0.2, 0.25) is 0 Å². The topological polar surface area (TPSA) is 132 Å². The Bertz CT molecular complexity index is 80.6. The molecule has 0 radical (unpaired) electrons. The fraction of sp³-hybridized carbons (Fsp3) is 0. The first kappa shape index (κ1) is 50.0. The van der Waals surface area contributed by atoms with Crippen molar-refractivity contribution in [3.05, 3.63) is 30.6 Å². The molecule has 0 amide bonds. The standard InChI is InChI=1S/Cd.4ClH.2NO3/c;;;;;2*2-1(3)4/h;4*1H;;/q+2;;;;;2*-1. The summed E-state index contributed by atoms with van der Waals surface area (Å²) in [5.41, 5.74) is 0. The first-order valence-electron chi connectivity index (χ1n) is 1.10. The van der Waals surface area contributed by atoms with Crippen molar-refractivity contribution in [3.8, 4) is 0 Å². The average molecular weight is 382 g/mol. The van der Waals surface area contributed by atoms with E-state index in [0.717, 1.165) is 0 Å². The van der Waals surface area contributed by atoms with Gasteiger partial charge in [0.15, 0.2) is 0 Å². The van der Waals surface area contributed by atoms with Crippen molar-refractivity contribution in [1.29, 1.82) is 0 Å². The maximum Gasteiger partial charge on any atom is 2.00 e. The van der Waals surface area contributed by atoms with Gasteiger partial charge in [-0.1, -0.05) is 0 Å². The Kier molecular flexibility index (Phi) is 151. The molecule has 0 N–H and O–H groups in total. The van der Waals surface area contributed by atoms with Crippen molar-refractivity contribution >= 4 is 49.6 Å². The third-order valence-electron chi connectivity index (χ3n) is 0. The predicted octanol–water partition coefficient (Wildman–Crippen LogP) is 1.21. The summed E-state index contributed by atoms with van der Waals surface area (Å²) < 4.78 is 0. The zero-order chi connectivity index (χ0) is 7.15. The molecule has 0 aliphatic rings. The molecule has 8 nitrogen and oxygen atoms in total. The number of hydrogen-bond donors (Lipinski definition) is 0. The molecule has 0 heterocycles. The molecule has 0 saturated heterocycles. The van der Waals surface area contributed by atoms with Gasteiger partial charge in [0.05, 0.1) is 10.2 Å². The van der Waals surface area contributed by atoms with E-state index in [0.29, 0.717) is 0 Å². The van der Waals surface area contributed by atoms with Crippen molar-refractivity contribution in [3.63, 3.8) is 0 Å². The van der Waals surface area contributed by atoms with Crippen LogP contribution in [0, 0.1) is 30.6 Å². The number of rotatable bonds is 0. The van der Waals surface area contributed by atoms with E-state index in [-0.39, 0.29) is 76.9 Å². The van der Waals surface area contributed by atoms with Gasteiger partial charge in [-0.05, 0) is 0 Å². The Morgan fingerprint density at radius 1 is 0.615 bits per heavy atom. The molecule has 0 aliphatic heterocycles. The second-order valence-electron chi connectivity index (χ2n) is 0.447. The molecule has 80 valence electrons. The normalized spacial score (nSPS) is 3.69. The smallest absolute Gasteiger partial charge is 0.356 e. The second-order valence-corrected chi connectivity index (χ2v) is 0.447. The zero-order valence-corrected chi connectivity index (χ0v) is 13.0. The quantitative estimate of drug-likeness (QED) is 0.351. The van der Waals surface area contributed by atoms with E-state index in [1.807, 2.05) is 0 Å². The van der Waals surface area contributed by atoms with E-state index in [4.69, 9.17) is 30.6 Å². The minimum absolute atomic E-state index is 0. The Morgan fingerprint density at radius 3 is 0.615 bits per heavy atom. The molecule has 0 fully saturated rings. The molecule has 0 atom stereocenters. The molecule has 0 aromatic carbocycles. The maximum absolute atomic E-state index is 8.25. The van der Waals surface area contributed by atoms with E-state index < -0.39 is 10.2 Å². The summed E-state index contributed by atoms with van der Waals surface area (Å²) in [5, 5.41) is 29.5. The summed E-state index contributed by atoms with van der Waals surface area (Å²) in [4.78, 5) is 16.5. The third kappa shape index (κ3) is 5900. The van der Waals surface area contributed by atoms with Gasteiger partial charge in [-0.15, -0.1) is 49.6 Å². The van der Waals surface area contributed by atoms with Gasteiger partial charge in [0, 0.05) is 0 Å². The monoisotopic (exact) mass is 382 g/mol. The molecule has 13 heavy (non-hydrogen) atoms. The van der Waals surface area contributed by atoms with Crippen molar-refractivity contribution in [2.45, 2.75) is 0 Å². The van der Waals surface area contributed by atoms with E-state index in [1.165, 1.54) is 0 Å². The Labute approximate surface area is 117 Å². The predicted molar refractivity (Wildman–Crippen MR) is 49.7 cm³/mol. The Hall–Kier alpha value is 0.482. The first-order chi connectivity index (χ1) is 3.46. The van der Waals surface area contributed by atoms with Gasteiger partial charge < -0.3 is 30.6 Å². The van der Waals surface area contributed by atoms with E-state index in [1.54, 1.807) is 0 Å². The molecule has 0 rings (SSSR count). The van der Waals surface area contributed by atoms with E-state index >= 15 is 0 Å². The van der Waals surface area contributed by atoms with Crippen molar-refractivity contribution < 1.29 is 37.5 Å². The molecule has 0 saturated carbocycles. The van der Waals surface area contributed by atoms with E-state index in [9.17, 15) is 0 Å². The summed E-state index contributed by atoms with van der Waals surface area (Å²) in [5.74, 6) is 0. The largest absolute Gasteiger partial charge is 2.00 e. The summed E-state index contributed by atoms with van der Waals surface area (Å²) in [6, 6.07) is 0. The fourth-order valence-corrected chi connectivity index (χ4v) is 0. The summed E-state index contributed by atoms with van der Waals surface area (Å²) in [7, 11) is 0. The summed E-state index contributed by atoms with van der Waals surface area (Å²) in [6.07, 6.45) is 0. The zero-order valence-electron chi connectivity index (χ0n) is 5.68. The Balaban J connectivity index is -0.00000000800. The van der Waals surface area contributed by atoms with Crippen LogP contribution < -0.4 is 0 Å². The number of halogens is 4. The molecule has 0 spiro atoms. The van der Waals surface area contributed by atoms with Gasteiger partial charge in [0.1, 0.15) is 0 Å². The van der Waals surface area contributed by atoms with Crippen LogP contribution in [0.2, 0.25) is 0 Å². The van der Waals surface area contributed by atoms with Crippen LogP contribution in [0.25, 0.3) is 0 Å². The number of nitrogens with zero attached hydrogens (tertiary/aromatic N) is 2. The molecule has 0 aromatic heterocycles. The van der Waals surface area contributed by atoms with Crippen LogP contribution >= 0.6 is 49.6 Å². The summed E-state index contributed by atoms with van der Waals surface area (Å²) in [6.45, 7) is 0. The molecule has 0 aliphatic carbocycles. The van der Waals surface area contributed by atoms with Crippen LogP contribution in [0.3, 0.4) is 0 Å². The molecular formula is H4CdCl4N2O6. The van der Waals surface area contributed by atoms with Crippen LogP contribution in [-0.2, 0) is 27.3 Å². The molecular weight excluding hydrogens is 378 g/mol. The fourth-order valence-electron chi connectivity index (χ4n) is 0. The molecule has 0 aromatic rings. The number of hydrogen-bond acceptors (Lipinski definition) is 6. The van der Waals surface area contributed by atoms with Crippen molar-refractivity contribution in [2.24, 2.45) is 0 Å². The second kappa shape index (κ2) is 39.2. The molecule has 0 unspecified atom stereocenters. The van der Waals surface area contributed by atoms with Crippen LogP contribution in [0.1, 0.15) is 0 Å². The van der Waals surface area contributed by atoms with Crippen molar-refractivity contribution in [1.82, 2.24) is 0 Å². The average Bonchev–Trinajstić information content (AvgIpc) is 1.25. The summed E-state index contributed by atoms with van der Waals surface area (Å²) >= 11 is 0. The van der Waals surface area contributed by atoms with Crippen LogP contribution in [0.15, 0.2) is 0 Å². The van der Waals surface area contributed by atoms with Gasteiger partial charge in [-0.25, -0.2) is 0 Å². The molecule has 0 bridgehead atoms. The van der Waals surface area contributed by atoms with Crippen LogP contribution in [-0.4, -0.2) is 10.2 Å². The maximum atomic E-state index is 8.25. The van der Waals surface area contributed by atoms with Gasteiger partial charge in [-0.2, -0.15) is 0 Å². The minimum atomic E-state index is -1.75. The van der Waals surface area contributed by atoms with Gasteiger partial charge in [0.25, 0.3) is 0 Å². The SMILES string of the molecule is Cl.Cl.Cl.Cl.O=[N+]([O-])[O-].O=[N+]([O-])[O-].[Cd+2]. The van der Waals surface area contributed by atoms with E-state index in [2.05, 4.69) is 0 Å². The Morgan fingerprint density at radius 2 is 0.615 bits per heavy atom. The first-order valence-corrected chi connectivity index (χ1v) is 1.10. The molecule has 13 heteroatoms. The minimum Gasteiger partial charge on any atom is -0.356 e. The van der Waals surface area contributed by atoms with Crippen LogP contribution in [0.5, 0.6) is 0 Å². The third-order valence-corrected chi connectivity index (χ3v) is 0. The van der Waals surface area contributed by atoms with Gasteiger partial charge in [-0.3, -0.25) is 0 Å². The van der Waals surface area contributed by atoms with Crippen molar-refractivity contribution in [2.75, 3.05) is 0 Å². The van der Waals surface area contributed by atoms with Crippen LogP contribution in [0.4, 0.5) is 0 Å². The van der Waals surface area contributed by atoms with Gasteiger partial charge >= 0.3 is 27.3 Å².